The van der Waals surface area contributed by atoms with Crippen LogP contribution in [0.1, 0.15) is 25.3 Å². The molecule has 1 saturated heterocycles. The molecule has 5 heteroatoms. The zero-order chi connectivity index (χ0) is 12.8. The van der Waals surface area contributed by atoms with Crippen LogP contribution >= 0.6 is 24.0 Å². The van der Waals surface area contributed by atoms with E-state index in [1.807, 2.05) is 31.2 Å². The average molecular weight is 303 g/mol. The highest BCUT2D eigenvalue weighted by atomic mass is 35.5. The van der Waals surface area contributed by atoms with E-state index in [4.69, 9.17) is 16.4 Å². The summed E-state index contributed by atoms with van der Waals surface area (Å²) >= 11 is 5.84. The second-order valence-corrected chi connectivity index (χ2v) is 5.00. The maximum Gasteiger partial charge on any atom is 0.129 e. The number of hydrogen-bond acceptors (Lipinski definition) is 3. The predicted octanol–water partition coefficient (Wildman–Crippen LogP) is 3.60. The molecular formula is C14H20Cl2N2O. The standard InChI is InChI=1S/C14H19ClN2O.ClH/c1-12(13-4-6-14(15)7-5-13)16-18-11-10-17-8-2-3-9-17;/h4-7H,2-3,8-11H2,1H3;1H. The fourth-order valence-electron chi connectivity index (χ4n) is 2.06. The zero-order valence-corrected chi connectivity index (χ0v) is 12.7. The predicted molar refractivity (Wildman–Crippen MR) is 82.5 cm³/mol. The van der Waals surface area contributed by atoms with Crippen LogP contribution in [0.15, 0.2) is 29.4 Å². The van der Waals surface area contributed by atoms with Gasteiger partial charge in [0.1, 0.15) is 6.61 Å². The normalized spacial score (nSPS) is 16.2. The molecule has 0 amide bonds. The fraction of sp³-hybridized carbons (Fsp3) is 0.500. The highest BCUT2D eigenvalue weighted by Crippen LogP contribution is 2.10. The molecule has 1 aliphatic heterocycles. The lowest BCUT2D eigenvalue weighted by atomic mass is 10.1. The minimum Gasteiger partial charge on any atom is -0.394 e. The van der Waals surface area contributed by atoms with Crippen molar-refractivity contribution < 1.29 is 4.84 Å². The van der Waals surface area contributed by atoms with Gasteiger partial charge in [0.05, 0.1) is 5.71 Å². The third kappa shape index (κ3) is 5.39. The lowest BCUT2D eigenvalue weighted by molar-refractivity contribution is 0.119. The number of halogens is 2. The molecule has 0 atom stereocenters. The highest BCUT2D eigenvalue weighted by Gasteiger charge is 2.10. The van der Waals surface area contributed by atoms with Gasteiger partial charge in [-0.25, -0.2) is 0 Å². The first-order chi connectivity index (χ1) is 8.75. The fourth-order valence-corrected chi connectivity index (χ4v) is 2.19. The smallest absolute Gasteiger partial charge is 0.129 e. The van der Waals surface area contributed by atoms with Gasteiger partial charge >= 0.3 is 0 Å². The second-order valence-electron chi connectivity index (χ2n) is 4.57. The van der Waals surface area contributed by atoms with Crippen LogP contribution < -0.4 is 0 Å². The molecule has 0 aromatic heterocycles. The Labute approximate surface area is 126 Å². The van der Waals surface area contributed by atoms with Gasteiger partial charge in [0.2, 0.25) is 0 Å². The maximum absolute atomic E-state index is 5.84. The van der Waals surface area contributed by atoms with Crippen molar-refractivity contribution in [1.82, 2.24) is 4.90 Å². The summed E-state index contributed by atoms with van der Waals surface area (Å²) < 4.78 is 0. The summed E-state index contributed by atoms with van der Waals surface area (Å²) in [6, 6.07) is 7.62. The van der Waals surface area contributed by atoms with Crippen molar-refractivity contribution in [1.29, 1.82) is 0 Å². The van der Waals surface area contributed by atoms with Crippen LogP contribution in [0.2, 0.25) is 5.02 Å². The third-order valence-electron chi connectivity index (χ3n) is 3.16. The summed E-state index contributed by atoms with van der Waals surface area (Å²) in [5.41, 5.74) is 1.92. The Morgan fingerprint density at radius 1 is 1.26 bits per heavy atom. The molecule has 0 unspecified atom stereocenters. The summed E-state index contributed by atoms with van der Waals surface area (Å²) in [6.45, 7) is 5.97. The summed E-state index contributed by atoms with van der Waals surface area (Å²) in [4.78, 5) is 7.77. The SMILES string of the molecule is CC(=NOCCN1CCCC1)c1ccc(Cl)cc1.Cl. The van der Waals surface area contributed by atoms with E-state index in [1.54, 1.807) is 0 Å². The van der Waals surface area contributed by atoms with Crippen LogP contribution in [-0.4, -0.2) is 36.9 Å². The van der Waals surface area contributed by atoms with Crippen LogP contribution in [-0.2, 0) is 4.84 Å². The molecule has 19 heavy (non-hydrogen) atoms. The molecule has 0 saturated carbocycles. The van der Waals surface area contributed by atoms with Gasteiger partial charge in [0, 0.05) is 11.6 Å². The van der Waals surface area contributed by atoms with Gasteiger partial charge in [-0.15, -0.1) is 12.4 Å². The van der Waals surface area contributed by atoms with Crippen LogP contribution in [0.5, 0.6) is 0 Å². The van der Waals surface area contributed by atoms with Crippen molar-refractivity contribution >= 4 is 29.7 Å². The molecule has 0 aliphatic carbocycles. The Bertz CT molecular complexity index is 400. The van der Waals surface area contributed by atoms with Crippen molar-refractivity contribution in [3.8, 4) is 0 Å². The number of rotatable bonds is 5. The molecule has 3 nitrogen and oxygen atoms in total. The Morgan fingerprint density at radius 3 is 2.53 bits per heavy atom. The second kappa shape index (κ2) is 8.41. The van der Waals surface area contributed by atoms with Gasteiger partial charge in [-0.1, -0.05) is 28.9 Å². The zero-order valence-electron chi connectivity index (χ0n) is 11.1. The van der Waals surface area contributed by atoms with Crippen LogP contribution in [0.3, 0.4) is 0 Å². The maximum atomic E-state index is 5.84. The molecule has 1 fully saturated rings. The molecule has 1 aromatic rings. The van der Waals surface area contributed by atoms with Crippen molar-refractivity contribution in [2.24, 2.45) is 5.16 Å². The largest absolute Gasteiger partial charge is 0.394 e. The van der Waals surface area contributed by atoms with Gasteiger partial charge in [0.15, 0.2) is 0 Å². The van der Waals surface area contributed by atoms with E-state index in [1.165, 1.54) is 25.9 Å². The molecular weight excluding hydrogens is 283 g/mol. The molecule has 0 bridgehead atoms. The summed E-state index contributed by atoms with van der Waals surface area (Å²) in [5, 5.41) is 4.87. The van der Waals surface area contributed by atoms with Crippen LogP contribution in [0, 0.1) is 0 Å². The van der Waals surface area contributed by atoms with E-state index in [2.05, 4.69) is 10.1 Å². The third-order valence-corrected chi connectivity index (χ3v) is 3.41. The van der Waals surface area contributed by atoms with E-state index in [0.29, 0.717) is 6.61 Å². The summed E-state index contributed by atoms with van der Waals surface area (Å²) in [5.74, 6) is 0. The molecule has 0 spiro atoms. The van der Waals surface area contributed by atoms with Crippen molar-refractivity contribution in [2.45, 2.75) is 19.8 Å². The lowest BCUT2D eigenvalue weighted by Gasteiger charge is -2.12. The molecule has 106 valence electrons. The van der Waals surface area contributed by atoms with Gasteiger partial charge in [-0.3, -0.25) is 4.90 Å². The lowest BCUT2D eigenvalue weighted by Crippen LogP contribution is -2.23. The number of likely N-dealkylation sites (tertiary alicyclic amines) is 1. The average Bonchev–Trinajstić information content (AvgIpc) is 2.88. The molecule has 1 aromatic carbocycles. The number of hydrogen-bond donors (Lipinski definition) is 0. The Kier molecular flexibility index (Phi) is 7.21. The number of nitrogens with zero attached hydrogens (tertiary/aromatic N) is 2. The molecule has 1 heterocycles. The molecule has 0 radical (unpaired) electrons. The first-order valence-corrected chi connectivity index (χ1v) is 6.78. The van der Waals surface area contributed by atoms with E-state index in [9.17, 15) is 0 Å². The Balaban J connectivity index is 0.00000180. The first kappa shape index (κ1) is 16.3. The van der Waals surface area contributed by atoms with E-state index in [0.717, 1.165) is 22.8 Å². The molecule has 0 N–H and O–H groups in total. The topological polar surface area (TPSA) is 24.8 Å². The molecule has 2 rings (SSSR count). The van der Waals surface area contributed by atoms with Crippen LogP contribution in [0.4, 0.5) is 0 Å². The highest BCUT2D eigenvalue weighted by molar-refractivity contribution is 6.30. The van der Waals surface area contributed by atoms with Crippen molar-refractivity contribution in [3.05, 3.63) is 34.9 Å². The van der Waals surface area contributed by atoms with Gasteiger partial charge in [-0.05, 0) is 50.6 Å². The van der Waals surface area contributed by atoms with Gasteiger partial charge in [0.25, 0.3) is 0 Å². The van der Waals surface area contributed by atoms with E-state index in [-0.39, 0.29) is 12.4 Å². The minimum absolute atomic E-state index is 0. The quantitative estimate of drug-likeness (QED) is 0.472. The Morgan fingerprint density at radius 2 is 1.89 bits per heavy atom. The minimum atomic E-state index is 0. The van der Waals surface area contributed by atoms with Crippen LogP contribution in [0.25, 0.3) is 0 Å². The monoisotopic (exact) mass is 302 g/mol. The van der Waals surface area contributed by atoms with Crippen molar-refractivity contribution in [2.75, 3.05) is 26.2 Å². The first-order valence-electron chi connectivity index (χ1n) is 6.40. The van der Waals surface area contributed by atoms with Gasteiger partial charge < -0.3 is 4.84 Å². The van der Waals surface area contributed by atoms with E-state index < -0.39 is 0 Å². The summed E-state index contributed by atoms with van der Waals surface area (Å²) in [7, 11) is 0. The van der Waals surface area contributed by atoms with Crippen molar-refractivity contribution in [3.63, 3.8) is 0 Å². The number of oxime groups is 1. The molecule has 1 aliphatic rings. The van der Waals surface area contributed by atoms with Gasteiger partial charge in [-0.2, -0.15) is 0 Å². The Hall–Kier alpha value is -0.770. The van der Waals surface area contributed by atoms with E-state index >= 15 is 0 Å². The number of benzene rings is 1. The summed E-state index contributed by atoms with van der Waals surface area (Å²) in [6.07, 6.45) is 2.63.